The molecule has 72 heavy (non-hydrogen) atoms. The van der Waals surface area contributed by atoms with Crippen LogP contribution in [0.2, 0.25) is 0 Å². The van der Waals surface area contributed by atoms with E-state index in [0.717, 1.165) is 45.3 Å². The predicted molar refractivity (Wildman–Crippen MR) is 337 cm³/mol. The minimum Gasteiger partial charge on any atom is -0.311 e. The Balaban J connectivity index is -0.00000247. The molecular formula is C70H98N2. The number of allylic oxidation sites excluding steroid dienone is 21. The molecule has 2 heteroatoms. The summed E-state index contributed by atoms with van der Waals surface area (Å²) in [6.45, 7) is 54.9. The van der Waals surface area contributed by atoms with Crippen LogP contribution in [0.5, 0.6) is 0 Å². The molecule has 1 aliphatic rings. The fourth-order valence-electron chi connectivity index (χ4n) is 6.96. The van der Waals surface area contributed by atoms with Crippen LogP contribution >= 0.6 is 0 Å². The first-order valence-electron chi connectivity index (χ1n) is 25.5. The molecule has 0 radical (unpaired) electrons. The van der Waals surface area contributed by atoms with Crippen molar-refractivity contribution >= 4 is 23.5 Å². The van der Waals surface area contributed by atoms with Crippen molar-refractivity contribution in [2.24, 2.45) is 5.41 Å². The van der Waals surface area contributed by atoms with Crippen LogP contribution in [0.3, 0.4) is 0 Å². The summed E-state index contributed by atoms with van der Waals surface area (Å²) in [6.07, 6.45) is 45.9. The van der Waals surface area contributed by atoms with Crippen LogP contribution in [0.15, 0.2) is 244 Å². The highest BCUT2D eigenvalue weighted by Gasteiger charge is 2.36. The van der Waals surface area contributed by atoms with E-state index in [1.807, 2.05) is 142 Å². The van der Waals surface area contributed by atoms with E-state index in [9.17, 15) is 0 Å². The second-order valence-corrected chi connectivity index (χ2v) is 17.2. The van der Waals surface area contributed by atoms with Crippen LogP contribution < -0.4 is 9.80 Å². The van der Waals surface area contributed by atoms with Gasteiger partial charge in [0.2, 0.25) is 0 Å². The Morgan fingerprint density at radius 2 is 0.903 bits per heavy atom. The number of anilines is 2. The summed E-state index contributed by atoms with van der Waals surface area (Å²) in [7, 11) is 0. The molecule has 4 rings (SSSR count). The number of fused-ring (bicyclic) bond motifs is 3. The van der Waals surface area contributed by atoms with E-state index in [1.165, 1.54) is 22.3 Å². The summed E-state index contributed by atoms with van der Waals surface area (Å²) in [5, 5.41) is 0. The standard InChI is InChI=1S/C53H56N2.C5H12.C5H8.3C2H6.CH4/c1-11-19-21-22-28-46(26-16-6)55(44(18-8)27-20-12-2)48-36-38-50-49-37-33-42(39-51(49)53(9,10)52(50)40-48)30-29-41-31-34-47(35-32-41)54(43(17-7)23-13-3)45(24-14-4)25-15-5;1-5(2,3)4;1-3-5-4-2;3*1-2;/h11-40H,1,4,6,8H2,2-3,5,7,9-10H3;1-4H3;3-5H,1H2,2H3;3*1-2H3;1H4/b20-12-,21-19+,23-13-,25-15-,28-22-,30-29+,43-17+,44-27+,45-24+,46-26+;;5-4-;;;;. The van der Waals surface area contributed by atoms with Gasteiger partial charge in [-0.25, -0.2) is 0 Å². The summed E-state index contributed by atoms with van der Waals surface area (Å²) >= 11 is 0. The van der Waals surface area contributed by atoms with Crippen LogP contribution in [0.25, 0.3) is 23.3 Å². The van der Waals surface area contributed by atoms with Gasteiger partial charge in [0.25, 0.3) is 0 Å². The van der Waals surface area contributed by atoms with Crippen molar-refractivity contribution in [1.82, 2.24) is 0 Å². The number of nitrogens with zero attached hydrogens (tertiary/aromatic N) is 2. The number of hydrogen-bond acceptors (Lipinski definition) is 2. The maximum atomic E-state index is 4.18. The van der Waals surface area contributed by atoms with Crippen LogP contribution in [-0.2, 0) is 5.41 Å². The minimum atomic E-state index is -0.214. The van der Waals surface area contributed by atoms with Gasteiger partial charge in [-0.2, -0.15) is 0 Å². The fraction of sp³-hybridized carbons (Fsp3) is 0.286. The van der Waals surface area contributed by atoms with Crippen LogP contribution in [0, 0.1) is 5.41 Å². The molecule has 0 N–H and O–H groups in total. The van der Waals surface area contributed by atoms with Crippen LogP contribution in [-0.4, -0.2) is 0 Å². The molecule has 0 bridgehead atoms. The lowest BCUT2D eigenvalue weighted by molar-refractivity contribution is 0.469. The molecule has 0 unspecified atom stereocenters. The number of hydrogen-bond donors (Lipinski definition) is 0. The van der Waals surface area contributed by atoms with E-state index < -0.39 is 0 Å². The van der Waals surface area contributed by atoms with Gasteiger partial charge in [0.05, 0.1) is 0 Å². The smallest absolute Gasteiger partial charge is 0.0465 e. The lowest BCUT2D eigenvalue weighted by Gasteiger charge is -2.29. The average Bonchev–Trinajstić information content (AvgIpc) is 3.59. The molecule has 0 saturated heterocycles. The first-order chi connectivity index (χ1) is 34.1. The predicted octanol–water partition coefficient (Wildman–Crippen LogP) is 22.4. The molecule has 0 saturated carbocycles. The van der Waals surface area contributed by atoms with E-state index in [0.29, 0.717) is 5.41 Å². The van der Waals surface area contributed by atoms with Crippen LogP contribution in [0.4, 0.5) is 11.4 Å². The normalized spacial score (nSPS) is 13.0. The van der Waals surface area contributed by atoms with Gasteiger partial charge in [-0.1, -0.05) is 257 Å². The topological polar surface area (TPSA) is 6.48 Å². The number of rotatable bonds is 18. The largest absolute Gasteiger partial charge is 0.311 e. The molecule has 0 spiro atoms. The van der Waals surface area contributed by atoms with Crippen molar-refractivity contribution in [3.05, 3.63) is 266 Å². The average molecular weight is 968 g/mol. The Morgan fingerprint density at radius 1 is 0.458 bits per heavy atom. The summed E-state index contributed by atoms with van der Waals surface area (Å²) in [5.41, 5.74) is 13.9. The van der Waals surface area contributed by atoms with Crippen molar-refractivity contribution in [3.8, 4) is 11.1 Å². The van der Waals surface area contributed by atoms with Crippen molar-refractivity contribution in [3.63, 3.8) is 0 Å². The molecule has 1 aliphatic carbocycles. The summed E-state index contributed by atoms with van der Waals surface area (Å²) in [6, 6.07) is 22.3. The van der Waals surface area contributed by atoms with Gasteiger partial charge in [-0.15, -0.1) is 0 Å². The Labute approximate surface area is 444 Å². The molecule has 3 aromatic rings. The van der Waals surface area contributed by atoms with Crippen LogP contribution in [0.1, 0.15) is 147 Å². The van der Waals surface area contributed by atoms with E-state index >= 15 is 0 Å². The molecule has 0 aromatic heterocycles. The maximum Gasteiger partial charge on any atom is 0.0465 e. The Bertz CT molecular complexity index is 2400. The number of benzene rings is 3. The molecule has 0 amide bonds. The zero-order chi connectivity index (χ0) is 54.4. The molecule has 2 nitrogen and oxygen atoms in total. The van der Waals surface area contributed by atoms with Gasteiger partial charge in [0.1, 0.15) is 0 Å². The summed E-state index contributed by atoms with van der Waals surface area (Å²) < 4.78 is 0. The van der Waals surface area contributed by atoms with Gasteiger partial charge in [0.15, 0.2) is 0 Å². The SMILES string of the molecule is C.C=C/C=C/C=C\C(=C/C=C)N(/C(C=C)=C/C=C\C)c1ccc2c(c1)C(C)(C)c1cc(/C=C/c3ccc(N(C(/C=C\C)=C/C)C(/C=C\C)=C/C=C)cc3)ccc1-2.C=C/C=C\C.CC.CC.CC.CC(C)(C)C. The Kier molecular flexibility index (Phi) is 38.3. The highest BCUT2D eigenvalue weighted by atomic mass is 15.2. The van der Waals surface area contributed by atoms with Gasteiger partial charge in [-0.3, -0.25) is 0 Å². The highest BCUT2D eigenvalue weighted by molar-refractivity contribution is 5.85. The third-order valence-electron chi connectivity index (χ3n) is 9.76. The molecule has 3 aromatic carbocycles. The molecular weight excluding hydrogens is 869 g/mol. The first kappa shape index (κ1) is 69.4. The second-order valence-electron chi connectivity index (χ2n) is 17.2. The fourth-order valence-corrected chi connectivity index (χ4v) is 6.96. The molecule has 0 atom stereocenters. The van der Waals surface area contributed by atoms with E-state index in [2.05, 4.69) is 207 Å². The van der Waals surface area contributed by atoms with Crippen molar-refractivity contribution in [1.29, 1.82) is 0 Å². The third-order valence-corrected chi connectivity index (χ3v) is 9.76. The van der Waals surface area contributed by atoms with Crippen molar-refractivity contribution in [2.75, 3.05) is 9.80 Å². The summed E-state index contributed by atoms with van der Waals surface area (Å²) in [5.74, 6) is 0. The monoisotopic (exact) mass is 967 g/mol. The molecule has 0 fully saturated rings. The first-order valence-corrected chi connectivity index (χ1v) is 25.5. The highest BCUT2D eigenvalue weighted by Crippen LogP contribution is 2.50. The van der Waals surface area contributed by atoms with Gasteiger partial charge >= 0.3 is 0 Å². The maximum absolute atomic E-state index is 4.18. The molecule has 388 valence electrons. The van der Waals surface area contributed by atoms with Gasteiger partial charge in [-0.05, 0) is 140 Å². The van der Waals surface area contributed by atoms with Gasteiger partial charge in [0, 0.05) is 39.6 Å². The minimum absolute atomic E-state index is 0. The lowest BCUT2D eigenvalue weighted by atomic mass is 9.81. The third kappa shape index (κ3) is 23.3. The zero-order valence-electron chi connectivity index (χ0n) is 47.5. The van der Waals surface area contributed by atoms with Gasteiger partial charge < -0.3 is 9.80 Å². The van der Waals surface area contributed by atoms with Crippen molar-refractivity contribution in [2.45, 2.75) is 131 Å². The van der Waals surface area contributed by atoms with E-state index in [4.69, 9.17) is 0 Å². The molecule has 0 aliphatic heterocycles. The van der Waals surface area contributed by atoms with Crippen molar-refractivity contribution < 1.29 is 0 Å². The Hall–Kier alpha value is -6.90. The quantitative estimate of drug-likeness (QED) is 0.0926. The lowest BCUT2D eigenvalue weighted by Crippen LogP contribution is -2.21. The summed E-state index contributed by atoms with van der Waals surface area (Å²) in [4.78, 5) is 4.47. The zero-order valence-corrected chi connectivity index (χ0v) is 47.5. The molecule has 0 heterocycles. The second kappa shape index (κ2) is 39.8. The Morgan fingerprint density at radius 3 is 1.36 bits per heavy atom. The van der Waals surface area contributed by atoms with E-state index in [-0.39, 0.29) is 12.8 Å². The van der Waals surface area contributed by atoms with E-state index in [1.54, 1.807) is 12.2 Å².